The fourth-order valence-electron chi connectivity index (χ4n) is 3.27. The second kappa shape index (κ2) is 8.55. The largest absolute Gasteiger partial charge is 0.507 e. The number of benzene rings is 2. The highest BCUT2D eigenvalue weighted by Gasteiger charge is 2.46. The quantitative estimate of drug-likeness (QED) is 0.426. The van der Waals surface area contributed by atoms with Crippen LogP contribution >= 0.6 is 11.6 Å². The lowest BCUT2D eigenvalue weighted by molar-refractivity contribution is -0.140. The summed E-state index contributed by atoms with van der Waals surface area (Å²) in [6.07, 6.45) is 0. The molecule has 1 aliphatic rings. The molecule has 1 heterocycles. The highest BCUT2D eigenvalue weighted by molar-refractivity contribution is 6.46. The molecular formula is C21H20ClNO6. The maximum Gasteiger partial charge on any atom is 0.295 e. The molecule has 152 valence electrons. The first kappa shape index (κ1) is 20.7. The Bertz CT molecular complexity index is 987. The van der Waals surface area contributed by atoms with E-state index in [9.17, 15) is 19.8 Å². The van der Waals surface area contributed by atoms with Crippen molar-refractivity contribution in [1.82, 2.24) is 4.90 Å². The van der Waals surface area contributed by atoms with Crippen LogP contribution in [0.25, 0.3) is 5.76 Å². The van der Waals surface area contributed by atoms with Crippen LogP contribution in [0.5, 0.6) is 11.5 Å². The van der Waals surface area contributed by atoms with Crippen molar-refractivity contribution >= 4 is 29.1 Å². The maximum absolute atomic E-state index is 12.8. The zero-order valence-corrected chi connectivity index (χ0v) is 16.6. The van der Waals surface area contributed by atoms with Gasteiger partial charge in [0.05, 0.1) is 30.4 Å². The lowest BCUT2D eigenvalue weighted by Gasteiger charge is -2.25. The van der Waals surface area contributed by atoms with E-state index in [4.69, 9.17) is 21.1 Å². The smallest absolute Gasteiger partial charge is 0.295 e. The third-order valence-electron chi connectivity index (χ3n) is 4.71. The number of carbonyl (C=O) groups is 2. The Morgan fingerprint density at radius 3 is 2.59 bits per heavy atom. The third-order valence-corrected chi connectivity index (χ3v) is 5.01. The molecule has 0 bridgehead atoms. The van der Waals surface area contributed by atoms with E-state index in [2.05, 4.69) is 0 Å². The first-order valence-corrected chi connectivity index (χ1v) is 9.17. The van der Waals surface area contributed by atoms with E-state index in [0.29, 0.717) is 16.9 Å². The number of likely N-dealkylation sites (tertiary alicyclic amines) is 1. The summed E-state index contributed by atoms with van der Waals surface area (Å²) < 4.78 is 10.2. The normalized spacial score (nSPS) is 18.3. The van der Waals surface area contributed by atoms with Gasteiger partial charge in [0, 0.05) is 19.2 Å². The van der Waals surface area contributed by atoms with Gasteiger partial charge >= 0.3 is 0 Å². The van der Waals surface area contributed by atoms with Gasteiger partial charge in [-0.3, -0.25) is 9.59 Å². The van der Waals surface area contributed by atoms with Crippen molar-refractivity contribution in [3.05, 3.63) is 64.2 Å². The molecule has 2 N–H and O–H groups in total. The van der Waals surface area contributed by atoms with Crippen molar-refractivity contribution < 1.29 is 29.3 Å². The summed E-state index contributed by atoms with van der Waals surface area (Å²) in [6, 6.07) is 10.1. The molecule has 0 radical (unpaired) electrons. The van der Waals surface area contributed by atoms with Gasteiger partial charge in [-0.25, -0.2) is 0 Å². The van der Waals surface area contributed by atoms with E-state index in [1.165, 1.54) is 31.3 Å². The number of rotatable bonds is 6. The zero-order valence-electron chi connectivity index (χ0n) is 15.9. The number of phenols is 1. The Kier molecular flexibility index (Phi) is 6.10. The number of carbonyl (C=O) groups excluding carboxylic acids is 2. The number of ketones is 1. The first-order chi connectivity index (χ1) is 13.9. The van der Waals surface area contributed by atoms with Gasteiger partial charge in [-0.1, -0.05) is 29.8 Å². The predicted molar refractivity (Wildman–Crippen MR) is 107 cm³/mol. The molecule has 1 fully saturated rings. The van der Waals surface area contributed by atoms with Crippen LogP contribution in [0.4, 0.5) is 0 Å². The van der Waals surface area contributed by atoms with Crippen molar-refractivity contribution in [3.8, 4) is 11.5 Å². The van der Waals surface area contributed by atoms with E-state index in [-0.39, 0.29) is 35.3 Å². The second-order valence-electron chi connectivity index (χ2n) is 6.43. The lowest BCUT2D eigenvalue weighted by atomic mass is 9.95. The molecule has 2 aromatic carbocycles. The minimum absolute atomic E-state index is 0.0684. The molecule has 0 spiro atoms. The van der Waals surface area contributed by atoms with Crippen LogP contribution in [0.3, 0.4) is 0 Å². The summed E-state index contributed by atoms with van der Waals surface area (Å²) in [5, 5.41) is 20.7. The number of aliphatic hydroxyl groups is 1. The molecule has 1 aliphatic heterocycles. The van der Waals surface area contributed by atoms with Crippen LogP contribution in [-0.2, 0) is 14.3 Å². The minimum Gasteiger partial charge on any atom is -0.507 e. The van der Waals surface area contributed by atoms with E-state index in [1.54, 1.807) is 30.3 Å². The molecule has 0 saturated carbocycles. The van der Waals surface area contributed by atoms with E-state index < -0.39 is 17.7 Å². The molecule has 29 heavy (non-hydrogen) atoms. The molecule has 1 atom stereocenters. The average Bonchev–Trinajstić information content (AvgIpc) is 2.98. The van der Waals surface area contributed by atoms with Gasteiger partial charge in [0.25, 0.3) is 11.7 Å². The number of amides is 1. The van der Waals surface area contributed by atoms with E-state index >= 15 is 0 Å². The van der Waals surface area contributed by atoms with Gasteiger partial charge in [0.1, 0.15) is 17.3 Å². The number of hydrogen-bond donors (Lipinski definition) is 2. The Balaban J connectivity index is 2.19. The Morgan fingerprint density at radius 1 is 1.17 bits per heavy atom. The highest BCUT2D eigenvalue weighted by atomic mass is 35.5. The van der Waals surface area contributed by atoms with Crippen LogP contribution in [0.1, 0.15) is 17.2 Å². The van der Waals surface area contributed by atoms with Crippen molar-refractivity contribution in [1.29, 1.82) is 0 Å². The van der Waals surface area contributed by atoms with Crippen LogP contribution < -0.4 is 4.74 Å². The summed E-state index contributed by atoms with van der Waals surface area (Å²) in [6.45, 7) is 0.341. The van der Waals surface area contributed by atoms with Crippen molar-refractivity contribution in [2.24, 2.45) is 0 Å². The summed E-state index contributed by atoms with van der Waals surface area (Å²) in [7, 11) is 2.97. The molecule has 1 amide bonds. The number of methoxy groups -OCH3 is 2. The molecule has 8 heteroatoms. The summed E-state index contributed by atoms with van der Waals surface area (Å²) in [5.74, 6) is -1.52. The second-order valence-corrected chi connectivity index (χ2v) is 6.84. The SMILES string of the molecule is COCCN1C(=O)C(=O)/C(=C(\O)c2cccc(OC)c2)C1c1ccc(O)c(Cl)c1. The van der Waals surface area contributed by atoms with Crippen LogP contribution in [0, 0.1) is 0 Å². The molecule has 3 rings (SSSR count). The number of ether oxygens (including phenoxy) is 2. The number of Topliss-reactive ketones (excluding diaryl/α,β-unsaturated/α-hetero) is 1. The Morgan fingerprint density at radius 2 is 1.93 bits per heavy atom. The summed E-state index contributed by atoms with van der Waals surface area (Å²) in [5.41, 5.74) is 0.748. The molecule has 2 aromatic rings. The summed E-state index contributed by atoms with van der Waals surface area (Å²) in [4.78, 5) is 26.8. The molecule has 0 aliphatic carbocycles. The van der Waals surface area contributed by atoms with Crippen LogP contribution in [-0.4, -0.2) is 54.2 Å². The van der Waals surface area contributed by atoms with Gasteiger partial charge in [-0.2, -0.15) is 0 Å². The standard InChI is InChI=1S/C21H20ClNO6/c1-28-9-8-23-18(12-6-7-16(24)15(22)11-12)17(20(26)21(23)27)19(25)13-4-3-5-14(10-13)29-2/h3-7,10-11,18,24-25H,8-9H2,1-2H3/b19-17-. The average molecular weight is 418 g/mol. The maximum atomic E-state index is 12.8. The number of aliphatic hydroxyl groups excluding tert-OH is 1. The molecule has 1 saturated heterocycles. The number of halogens is 1. The lowest BCUT2D eigenvalue weighted by Crippen LogP contribution is -2.32. The van der Waals surface area contributed by atoms with Gasteiger partial charge in [-0.05, 0) is 29.8 Å². The van der Waals surface area contributed by atoms with Crippen LogP contribution in [0.2, 0.25) is 5.02 Å². The van der Waals surface area contributed by atoms with Crippen molar-refractivity contribution in [2.75, 3.05) is 27.4 Å². The first-order valence-electron chi connectivity index (χ1n) is 8.79. The van der Waals surface area contributed by atoms with Gasteiger partial charge < -0.3 is 24.6 Å². The molecule has 0 aromatic heterocycles. The Hall–Kier alpha value is -3.03. The number of phenolic OH excluding ortho intramolecular Hbond substituents is 1. The molecular weight excluding hydrogens is 398 g/mol. The van der Waals surface area contributed by atoms with Gasteiger partial charge in [0.2, 0.25) is 0 Å². The highest BCUT2D eigenvalue weighted by Crippen LogP contribution is 2.41. The topological polar surface area (TPSA) is 96.3 Å². The van der Waals surface area contributed by atoms with Gasteiger partial charge in [0.15, 0.2) is 0 Å². The predicted octanol–water partition coefficient (Wildman–Crippen LogP) is 3.12. The minimum atomic E-state index is -0.880. The monoisotopic (exact) mass is 417 g/mol. The summed E-state index contributed by atoms with van der Waals surface area (Å²) >= 11 is 6.04. The van der Waals surface area contributed by atoms with Crippen molar-refractivity contribution in [2.45, 2.75) is 6.04 Å². The number of aromatic hydroxyl groups is 1. The molecule has 7 nitrogen and oxygen atoms in total. The fourth-order valence-corrected chi connectivity index (χ4v) is 3.45. The van der Waals surface area contributed by atoms with Gasteiger partial charge in [-0.15, -0.1) is 0 Å². The number of hydrogen-bond acceptors (Lipinski definition) is 6. The third kappa shape index (κ3) is 3.92. The zero-order chi connectivity index (χ0) is 21.1. The van der Waals surface area contributed by atoms with Crippen LogP contribution in [0.15, 0.2) is 48.0 Å². The molecule has 1 unspecified atom stereocenters. The number of nitrogens with zero attached hydrogens (tertiary/aromatic N) is 1. The Labute approximate surface area is 172 Å². The van der Waals surface area contributed by atoms with E-state index in [0.717, 1.165) is 0 Å². The van der Waals surface area contributed by atoms with E-state index in [1.807, 2.05) is 0 Å². The fraction of sp³-hybridized carbons (Fsp3) is 0.238. The van der Waals surface area contributed by atoms with Crippen molar-refractivity contribution in [3.63, 3.8) is 0 Å².